The molecule has 0 unspecified atom stereocenters. The van der Waals surface area contributed by atoms with Crippen LogP contribution in [0.4, 0.5) is 16.3 Å². The molecule has 196 valence electrons. The number of carbonyl (C=O) groups is 1. The highest BCUT2D eigenvalue weighted by molar-refractivity contribution is 6.30. The van der Waals surface area contributed by atoms with Crippen molar-refractivity contribution in [1.82, 2.24) is 19.8 Å². The molecule has 2 aromatic carbocycles. The van der Waals surface area contributed by atoms with Gasteiger partial charge in [-0.1, -0.05) is 44.5 Å². The number of nitrogens with two attached hydrogens (primary N) is 1. The number of nitrogens with zero attached hydrogens (tertiary/aromatic N) is 4. The molecule has 5 rings (SSSR count). The third-order valence-corrected chi connectivity index (χ3v) is 6.41. The van der Waals surface area contributed by atoms with Gasteiger partial charge in [0.2, 0.25) is 0 Å². The van der Waals surface area contributed by atoms with Crippen LogP contribution in [0, 0.1) is 0 Å². The van der Waals surface area contributed by atoms with Crippen molar-refractivity contribution < 1.29 is 9.53 Å². The van der Waals surface area contributed by atoms with E-state index in [2.05, 4.69) is 48.5 Å². The normalized spacial score (nSPS) is 13.6. The van der Waals surface area contributed by atoms with E-state index in [4.69, 9.17) is 27.3 Å². The maximum atomic E-state index is 13.1. The molecule has 0 spiro atoms. The predicted octanol–water partition coefficient (Wildman–Crippen LogP) is 5.89. The van der Waals surface area contributed by atoms with Crippen LogP contribution < -0.4 is 21.2 Å². The Hall–Kier alpha value is -3.92. The van der Waals surface area contributed by atoms with Crippen LogP contribution in [0.15, 0.2) is 67.0 Å². The maximum Gasteiger partial charge on any atom is 0.324 e. The van der Waals surface area contributed by atoms with E-state index in [9.17, 15) is 4.79 Å². The van der Waals surface area contributed by atoms with Crippen LogP contribution in [-0.2, 0) is 18.4 Å². The Morgan fingerprint density at radius 2 is 1.87 bits per heavy atom. The summed E-state index contributed by atoms with van der Waals surface area (Å²) < 4.78 is 7.60. The number of halogens is 1. The number of anilines is 2. The number of benzene rings is 2. The predicted molar refractivity (Wildman–Crippen MR) is 149 cm³/mol. The Morgan fingerprint density at radius 1 is 1.03 bits per heavy atom. The number of nitrogens with one attached hydrogen (secondary N) is 2. The molecule has 4 aromatic rings. The number of pyridine rings is 1. The molecule has 0 saturated carbocycles. The molecule has 1 aliphatic heterocycles. The lowest BCUT2D eigenvalue weighted by Crippen LogP contribution is -2.36. The molecule has 10 heteroatoms. The Labute approximate surface area is 226 Å². The zero-order valence-corrected chi connectivity index (χ0v) is 22.3. The summed E-state index contributed by atoms with van der Waals surface area (Å²) in [6.07, 6.45) is 3.96. The summed E-state index contributed by atoms with van der Waals surface area (Å²) in [5.41, 5.74) is 4.55. The van der Waals surface area contributed by atoms with Gasteiger partial charge in [-0.25, -0.2) is 14.5 Å². The van der Waals surface area contributed by atoms with E-state index in [0.717, 1.165) is 24.3 Å². The summed E-state index contributed by atoms with van der Waals surface area (Å²) in [4.78, 5) is 17.1. The van der Waals surface area contributed by atoms with Gasteiger partial charge in [0.05, 0.1) is 22.6 Å². The number of hydrogen-bond donors (Lipinski definition) is 3. The molecule has 0 bridgehead atoms. The first-order chi connectivity index (χ1) is 18.1. The van der Waals surface area contributed by atoms with Crippen LogP contribution in [0.25, 0.3) is 5.69 Å². The fourth-order valence-electron chi connectivity index (χ4n) is 4.23. The van der Waals surface area contributed by atoms with Gasteiger partial charge in [-0.15, -0.1) is 0 Å². The van der Waals surface area contributed by atoms with Crippen molar-refractivity contribution in [3.05, 3.63) is 88.8 Å². The number of rotatable bonds is 5. The van der Waals surface area contributed by atoms with Crippen molar-refractivity contribution in [3.63, 3.8) is 0 Å². The van der Waals surface area contributed by atoms with E-state index < -0.39 is 6.03 Å². The molecule has 9 nitrogen and oxygen atoms in total. The second kappa shape index (κ2) is 10.4. The number of urea groups is 1. The highest BCUT2D eigenvalue weighted by Crippen LogP contribution is 2.29. The number of hydrazine groups is 1. The monoisotopic (exact) mass is 531 g/mol. The Bertz CT molecular complexity index is 1480. The summed E-state index contributed by atoms with van der Waals surface area (Å²) in [5.74, 6) is 7.60. The number of hydrogen-bond acceptors (Lipinski definition) is 6. The minimum Gasteiger partial charge on any atom is -0.456 e. The SMILES string of the molecule is CC(C)(C)c1cc(NC(=O)Nc2cccc(Oc3cncc(Cl)c3)c2)n(-c2ccc3c(c2)CCN(N)C3)n1. The lowest BCUT2D eigenvalue weighted by atomic mass is 9.92. The molecule has 1 aliphatic rings. The number of fused-ring (bicyclic) bond motifs is 1. The number of aromatic nitrogens is 3. The van der Waals surface area contributed by atoms with Crippen LogP contribution >= 0.6 is 11.6 Å². The minimum atomic E-state index is -0.398. The maximum absolute atomic E-state index is 13.1. The lowest BCUT2D eigenvalue weighted by molar-refractivity contribution is 0.262. The van der Waals surface area contributed by atoms with Crippen LogP contribution in [0.5, 0.6) is 11.5 Å². The van der Waals surface area contributed by atoms with Gasteiger partial charge in [0, 0.05) is 48.6 Å². The number of carbonyl (C=O) groups excluding carboxylic acids is 1. The fourth-order valence-corrected chi connectivity index (χ4v) is 4.39. The Morgan fingerprint density at radius 3 is 2.66 bits per heavy atom. The zero-order chi connectivity index (χ0) is 26.9. The minimum absolute atomic E-state index is 0.201. The van der Waals surface area contributed by atoms with Crippen molar-refractivity contribution in [2.24, 2.45) is 5.84 Å². The third-order valence-electron chi connectivity index (χ3n) is 6.20. The molecule has 2 amide bonds. The fraction of sp³-hybridized carbons (Fsp3) is 0.250. The van der Waals surface area contributed by atoms with Crippen molar-refractivity contribution >= 4 is 29.1 Å². The first-order valence-corrected chi connectivity index (χ1v) is 12.7. The number of amides is 2. The summed E-state index contributed by atoms with van der Waals surface area (Å²) in [5, 5.41) is 13.0. The molecule has 4 N–H and O–H groups in total. The molecule has 38 heavy (non-hydrogen) atoms. The summed E-state index contributed by atoms with van der Waals surface area (Å²) >= 11 is 5.99. The molecule has 0 saturated heterocycles. The average molecular weight is 532 g/mol. The summed E-state index contributed by atoms with van der Waals surface area (Å²) in [6, 6.07) is 16.5. The van der Waals surface area contributed by atoms with E-state index in [1.807, 2.05) is 17.1 Å². The van der Waals surface area contributed by atoms with E-state index in [-0.39, 0.29) is 5.41 Å². The molecule has 0 aliphatic carbocycles. The second-order valence-corrected chi connectivity index (χ2v) is 10.7. The van der Waals surface area contributed by atoms with E-state index >= 15 is 0 Å². The van der Waals surface area contributed by atoms with Gasteiger partial charge in [0.15, 0.2) is 0 Å². The van der Waals surface area contributed by atoms with Gasteiger partial charge in [-0.2, -0.15) is 5.10 Å². The molecule has 0 atom stereocenters. The topological polar surface area (TPSA) is 110 Å². The molecule has 0 fully saturated rings. The average Bonchev–Trinajstić information content (AvgIpc) is 3.28. The van der Waals surface area contributed by atoms with E-state index in [1.165, 1.54) is 17.3 Å². The standard InChI is InChI=1S/C28H30ClN7O2/c1-28(2,3)25-14-26(36(34-25)22-8-7-19-17-35(30)10-9-18(19)11-22)33-27(37)32-21-5-4-6-23(13-21)38-24-12-20(29)15-31-16-24/h4-8,11-16H,9-10,17,30H2,1-3H3,(H2,32,33,37). The van der Waals surface area contributed by atoms with Crippen molar-refractivity contribution in [3.8, 4) is 17.2 Å². The van der Waals surface area contributed by atoms with Gasteiger partial charge < -0.3 is 10.1 Å². The zero-order valence-electron chi connectivity index (χ0n) is 21.5. The smallest absolute Gasteiger partial charge is 0.324 e. The van der Waals surface area contributed by atoms with Gasteiger partial charge in [0.1, 0.15) is 17.3 Å². The van der Waals surface area contributed by atoms with E-state index in [0.29, 0.717) is 34.6 Å². The first-order valence-electron chi connectivity index (χ1n) is 12.3. The first kappa shape index (κ1) is 25.7. The van der Waals surface area contributed by atoms with Crippen LogP contribution in [0.1, 0.15) is 37.6 Å². The second-order valence-electron chi connectivity index (χ2n) is 10.3. The van der Waals surface area contributed by atoms with Gasteiger partial charge in [-0.3, -0.25) is 16.1 Å². The van der Waals surface area contributed by atoms with Gasteiger partial charge in [0.25, 0.3) is 0 Å². The highest BCUT2D eigenvalue weighted by Gasteiger charge is 2.23. The van der Waals surface area contributed by atoms with Crippen molar-refractivity contribution in [1.29, 1.82) is 0 Å². The molecule has 0 radical (unpaired) electrons. The molecule has 3 heterocycles. The van der Waals surface area contributed by atoms with Crippen LogP contribution in [-0.4, -0.2) is 32.3 Å². The largest absolute Gasteiger partial charge is 0.456 e. The van der Waals surface area contributed by atoms with Crippen molar-refractivity contribution in [2.75, 3.05) is 17.2 Å². The summed E-state index contributed by atoms with van der Waals surface area (Å²) in [7, 11) is 0. The summed E-state index contributed by atoms with van der Waals surface area (Å²) in [6.45, 7) is 7.78. The van der Waals surface area contributed by atoms with Crippen LogP contribution in [0.3, 0.4) is 0 Å². The van der Waals surface area contributed by atoms with Gasteiger partial charge >= 0.3 is 6.03 Å². The van der Waals surface area contributed by atoms with E-state index in [1.54, 1.807) is 41.2 Å². The molecular weight excluding hydrogens is 502 g/mol. The third kappa shape index (κ3) is 5.96. The Kier molecular flexibility index (Phi) is 7.07. The van der Waals surface area contributed by atoms with Gasteiger partial charge in [-0.05, 0) is 41.8 Å². The highest BCUT2D eigenvalue weighted by atomic mass is 35.5. The molecule has 2 aromatic heterocycles. The lowest BCUT2D eigenvalue weighted by Gasteiger charge is -2.25. The molecular formula is C28H30ClN7O2. The Balaban J connectivity index is 1.36. The van der Waals surface area contributed by atoms with Crippen molar-refractivity contribution in [2.45, 2.75) is 39.2 Å². The quantitative estimate of drug-likeness (QED) is 0.277. The number of ether oxygens (including phenoxy) is 1. The van der Waals surface area contributed by atoms with Crippen LogP contribution in [0.2, 0.25) is 5.02 Å².